The summed E-state index contributed by atoms with van der Waals surface area (Å²) in [6.07, 6.45) is 5.50. The number of rotatable bonds is 5. The highest BCUT2D eigenvalue weighted by Crippen LogP contribution is 2.24. The van der Waals surface area contributed by atoms with Gasteiger partial charge in [-0.2, -0.15) is 0 Å². The lowest BCUT2D eigenvalue weighted by Gasteiger charge is -2.17. The molecule has 1 heterocycles. The predicted octanol–water partition coefficient (Wildman–Crippen LogP) is 5.12. The summed E-state index contributed by atoms with van der Waals surface area (Å²) in [5.41, 5.74) is 11.5. The Morgan fingerprint density at radius 1 is 0.912 bits per heavy atom. The topological polar surface area (TPSA) is 77.1 Å². The molecular formula is C29H25N3O2. The second-order valence-corrected chi connectivity index (χ2v) is 8.46. The molecule has 0 fully saturated rings. The molecule has 0 unspecified atom stereocenters. The van der Waals surface area contributed by atoms with Gasteiger partial charge in [-0.1, -0.05) is 49.1 Å². The molecule has 5 heteroatoms. The summed E-state index contributed by atoms with van der Waals surface area (Å²) >= 11 is 0. The Labute approximate surface area is 197 Å². The zero-order valence-corrected chi connectivity index (χ0v) is 18.8. The average Bonchev–Trinajstić information content (AvgIpc) is 2.88. The number of nitrogens with zero attached hydrogens (tertiary/aromatic N) is 1. The molecule has 4 aromatic rings. The van der Waals surface area contributed by atoms with Gasteiger partial charge >= 0.3 is 0 Å². The average molecular weight is 448 g/mol. The second kappa shape index (κ2) is 8.87. The van der Waals surface area contributed by atoms with Crippen molar-refractivity contribution in [2.45, 2.75) is 19.4 Å². The molecule has 3 aromatic carbocycles. The van der Waals surface area contributed by atoms with E-state index in [4.69, 9.17) is 5.73 Å². The number of aromatic nitrogens is 1. The fourth-order valence-electron chi connectivity index (χ4n) is 4.38. The number of nitrogens with two attached hydrogens (primary N) is 1. The molecule has 0 radical (unpaired) electrons. The third-order valence-corrected chi connectivity index (χ3v) is 6.24. The van der Waals surface area contributed by atoms with Crippen LogP contribution in [-0.2, 0) is 6.54 Å². The van der Waals surface area contributed by atoms with Crippen LogP contribution in [0.4, 0.5) is 0 Å². The lowest BCUT2D eigenvalue weighted by molar-refractivity contribution is 0.0966. The lowest BCUT2D eigenvalue weighted by atomic mass is 10.0. The molecule has 0 spiro atoms. The van der Waals surface area contributed by atoms with Gasteiger partial charge in [0.2, 0.25) is 0 Å². The highest BCUT2D eigenvalue weighted by Gasteiger charge is 2.13. The normalized spacial score (nSPS) is 13.4. The van der Waals surface area contributed by atoms with Gasteiger partial charge in [0.05, 0.1) is 16.7 Å². The van der Waals surface area contributed by atoms with Crippen molar-refractivity contribution in [2.75, 3.05) is 0 Å². The number of fused-ring (bicyclic) bond motifs is 2. The summed E-state index contributed by atoms with van der Waals surface area (Å²) in [7, 11) is 0. The molecule has 1 aromatic heterocycles. The molecule has 0 aliphatic heterocycles. The quantitative estimate of drug-likeness (QED) is 0.417. The van der Waals surface area contributed by atoms with Crippen molar-refractivity contribution in [1.82, 2.24) is 9.88 Å². The van der Waals surface area contributed by atoms with E-state index in [0.29, 0.717) is 34.3 Å². The zero-order chi connectivity index (χ0) is 23.7. The van der Waals surface area contributed by atoms with E-state index in [1.165, 1.54) is 0 Å². The second-order valence-electron chi connectivity index (χ2n) is 8.46. The van der Waals surface area contributed by atoms with Gasteiger partial charge < -0.3 is 15.6 Å². The summed E-state index contributed by atoms with van der Waals surface area (Å²) in [4.78, 5) is 25.6. The predicted molar refractivity (Wildman–Crippen MR) is 138 cm³/mol. The van der Waals surface area contributed by atoms with E-state index in [1.54, 1.807) is 12.1 Å². The number of benzene rings is 3. The molecule has 1 amide bonds. The Hall–Kier alpha value is -4.38. The van der Waals surface area contributed by atoms with Crippen molar-refractivity contribution in [2.24, 2.45) is 5.73 Å². The summed E-state index contributed by atoms with van der Waals surface area (Å²) in [6, 6.07) is 22.7. The maximum Gasteiger partial charge on any atom is 0.255 e. The molecule has 0 bridgehead atoms. The zero-order valence-electron chi connectivity index (χ0n) is 18.8. The summed E-state index contributed by atoms with van der Waals surface area (Å²) in [5.74, 6) is -0.195. The molecule has 0 atom stereocenters. The Kier molecular flexibility index (Phi) is 5.60. The molecule has 3 N–H and O–H groups in total. The fourth-order valence-corrected chi connectivity index (χ4v) is 4.38. The van der Waals surface area contributed by atoms with Crippen molar-refractivity contribution in [3.63, 3.8) is 0 Å². The number of hydrogen-bond acceptors (Lipinski definition) is 3. The van der Waals surface area contributed by atoms with Crippen LogP contribution in [-0.4, -0.2) is 10.5 Å². The highest BCUT2D eigenvalue weighted by atomic mass is 16.1. The molecule has 1 aliphatic carbocycles. The Bertz CT molecular complexity index is 1500. The van der Waals surface area contributed by atoms with Gasteiger partial charge in [0.1, 0.15) is 0 Å². The molecule has 0 saturated heterocycles. The van der Waals surface area contributed by atoms with E-state index in [-0.39, 0.29) is 11.3 Å². The molecule has 1 aliphatic rings. The van der Waals surface area contributed by atoms with Crippen LogP contribution in [0.5, 0.6) is 0 Å². The number of pyridine rings is 1. The molecular weight excluding hydrogens is 422 g/mol. The van der Waals surface area contributed by atoms with E-state index in [9.17, 15) is 9.59 Å². The first-order chi connectivity index (χ1) is 16.5. The van der Waals surface area contributed by atoms with Gasteiger partial charge in [0, 0.05) is 28.6 Å². The Morgan fingerprint density at radius 2 is 1.50 bits per heavy atom. The number of allylic oxidation sites excluding steroid dienone is 4. The van der Waals surface area contributed by atoms with E-state index in [2.05, 4.69) is 16.5 Å². The van der Waals surface area contributed by atoms with Gasteiger partial charge in [-0.25, -0.2) is 0 Å². The van der Waals surface area contributed by atoms with Gasteiger partial charge in [0.25, 0.3) is 5.91 Å². The van der Waals surface area contributed by atoms with Gasteiger partial charge in [0.15, 0.2) is 5.43 Å². The SMILES string of the molecule is C=C(Cn1c2ccccc2c(=O)c2ccccc21)c1ccc(C(=O)NC2=C(N)CCC=C2)cc1. The number of hydrogen-bond donors (Lipinski definition) is 2. The van der Waals surface area contributed by atoms with Crippen LogP contribution in [0.25, 0.3) is 27.4 Å². The van der Waals surface area contributed by atoms with Crippen LogP contribution in [0.15, 0.2) is 108 Å². The minimum Gasteiger partial charge on any atom is -0.400 e. The van der Waals surface area contributed by atoms with E-state index in [0.717, 1.165) is 35.0 Å². The van der Waals surface area contributed by atoms with Crippen LogP contribution >= 0.6 is 0 Å². The molecule has 0 saturated carbocycles. The molecule has 5 rings (SSSR count). The van der Waals surface area contributed by atoms with Crippen LogP contribution in [0.2, 0.25) is 0 Å². The van der Waals surface area contributed by atoms with Crippen molar-refractivity contribution < 1.29 is 4.79 Å². The number of nitrogens with one attached hydrogen (secondary N) is 1. The van der Waals surface area contributed by atoms with Crippen molar-refractivity contribution >= 4 is 33.3 Å². The van der Waals surface area contributed by atoms with Gasteiger partial charge in [-0.15, -0.1) is 0 Å². The Morgan fingerprint density at radius 3 is 2.12 bits per heavy atom. The summed E-state index contributed by atoms with van der Waals surface area (Å²) < 4.78 is 2.12. The number of para-hydroxylation sites is 2. The summed E-state index contributed by atoms with van der Waals surface area (Å²) in [5, 5.41) is 4.26. The van der Waals surface area contributed by atoms with Crippen LogP contribution in [0, 0.1) is 0 Å². The van der Waals surface area contributed by atoms with Gasteiger partial charge in [-0.3, -0.25) is 9.59 Å². The molecule has 5 nitrogen and oxygen atoms in total. The maximum atomic E-state index is 13.0. The molecule has 34 heavy (non-hydrogen) atoms. The first kappa shape index (κ1) is 21.5. The van der Waals surface area contributed by atoms with Crippen molar-refractivity contribution in [3.8, 4) is 0 Å². The van der Waals surface area contributed by atoms with Crippen molar-refractivity contribution in [3.05, 3.63) is 124 Å². The molecule has 168 valence electrons. The number of carbonyl (C=O) groups is 1. The first-order valence-corrected chi connectivity index (χ1v) is 11.3. The fraction of sp³-hybridized carbons (Fsp3) is 0.103. The maximum absolute atomic E-state index is 13.0. The van der Waals surface area contributed by atoms with E-state index < -0.39 is 0 Å². The minimum atomic E-state index is -0.195. The largest absolute Gasteiger partial charge is 0.400 e. The van der Waals surface area contributed by atoms with Crippen LogP contribution < -0.4 is 16.5 Å². The van der Waals surface area contributed by atoms with E-state index in [1.807, 2.05) is 72.8 Å². The third kappa shape index (κ3) is 3.92. The van der Waals surface area contributed by atoms with Crippen molar-refractivity contribution in [1.29, 1.82) is 0 Å². The van der Waals surface area contributed by atoms with Crippen LogP contribution in [0.1, 0.15) is 28.8 Å². The van der Waals surface area contributed by atoms with E-state index >= 15 is 0 Å². The minimum absolute atomic E-state index is 0.0342. The number of amides is 1. The smallest absolute Gasteiger partial charge is 0.255 e. The third-order valence-electron chi connectivity index (χ3n) is 6.24. The monoisotopic (exact) mass is 447 g/mol. The standard InChI is InChI=1S/C29H25N3O2/c1-19(20-14-16-21(17-15-20)29(34)31-25-11-5-4-10-24(25)30)18-32-26-12-6-2-8-22(26)28(33)23-9-3-7-13-27(23)32/h2-3,5-9,11-17H,1,4,10,18,30H2,(H,31,34). The Balaban J connectivity index is 1.43. The van der Waals surface area contributed by atoms with Gasteiger partial charge in [-0.05, 0) is 66.5 Å². The number of carbonyl (C=O) groups excluding carboxylic acids is 1. The first-order valence-electron chi connectivity index (χ1n) is 11.3. The lowest BCUT2D eigenvalue weighted by Crippen LogP contribution is -2.25. The van der Waals surface area contributed by atoms with Crippen LogP contribution in [0.3, 0.4) is 0 Å². The summed E-state index contributed by atoms with van der Waals surface area (Å²) in [6.45, 7) is 4.82. The highest BCUT2D eigenvalue weighted by molar-refractivity contribution is 5.96.